The molecule has 1 aromatic rings. The minimum atomic E-state index is 0. The number of benzene rings is 1. The van der Waals surface area contributed by atoms with E-state index >= 15 is 0 Å². The van der Waals surface area contributed by atoms with Crippen molar-refractivity contribution in [2.24, 2.45) is 4.99 Å². The molecule has 1 aliphatic carbocycles. The summed E-state index contributed by atoms with van der Waals surface area (Å²) in [4.78, 5) is 18.5. The van der Waals surface area contributed by atoms with Gasteiger partial charge in [0.2, 0.25) is 5.91 Å². The first-order valence-electron chi connectivity index (χ1n) is 9.57. The van der Waals surface area contributed by atoms with Crippen LogP contribution in [0.1, 0.15) is 38.2 Å². The van der Waals surface area contributed by atoms with E-state index in [4.69, 9.17) is 9.47 Å². The molecule has 2 rings (SSSR count). The molecule has 158 valence electrons. The maximum atomic E-state index is 11.8. The van der Waals surface area contributed by atoms with E-state index in [2.05, 4.69) is 20.5 Å². The molecule has 0 heterocycles. The number of rotatable bonds is 10. The maximum absolute atomic E-state index is 11.8. The Kier molecular flexibility index (Phi) is 11.0. The molecule has 0 saturated heterocycles. The van der Waals surface area contributed by atoms with Crippen LogP contribution in [0.5, 0.6) is 11.5 Å². The normalized spacial score (nSPS) is 13.4. The van der Waals surface area contributed by atoms with E-state index in [9.17, 15) is 4.79 Å². The lowest BCUT2D eigenvalue weighted by atomic mass is 10.2. The standard InChI is InChI=1S/C20H32N4O3.HI/c1-5-21-20(22-12-6-7-19(25)23-16-9-10-16)24(2)14-15-8-11-17(26-3)13-18(15)27-4;/h8,11,13,16H,5-7,9-10,12,14H2,1-4H3,(H,21,22)(H,23,25);1H. The fourth-order valence-electron chi connectivity index (χ4n) is 2.73. The second kappa shape index (κ2) is 12.7. The van der Waals surface area contributed by atoms with Crippen LogP contribution in [0.2, 0.25) is 0 Å². The quantitative estimate of drug-likeness (QED) is 0.222. The Labute approximate surface area is 185 Å². The molecular weight excluding hydrogens is 471 g/mol. The third-order valence-corrected chi connectivity index (χ3v) is 4.36. The number of amides is 1. The van der Waals surface area contributed by atoms with Crippen molar-refractivity contribution >= 4 is 35.8 Å². The highest BCUT2D eigenvalue weighted by Crippen LogP contribution is 2.25. The molecule has 1 amide bonds. The van der Waals surface area contributed by atoms with Gasteiger partial charge in [-0.1, -0.05) is 0 Å². The molecule has 0 aromatic heterocycles. The zero-order valence-corrected chi connectivity index (χ0v) is 19.6. The highest BCUT2D eigenvalue weighted by Gasteiger charge is 2.22. The highest BCUT2D eigenvalue weighted by molar-refractivity contribution is 14.0. The summed E-state index contributed by atoms with van der Waals surface area (Å²) in [6.45, 7) is 4.09. The zero-order valence-electron chi connectivity index (χ0n) is 17.3. The Morgan fingerprint density at radius 2 is 2.04 bits per heavy atom. The number of methoxy groups -OCH3 is 2. The van der Waals surface area contributed by atoms with E-state index in [-0.39, 0.29) is 29.9 Å². The number of hydrogen-bond donors (Lipinski definition) is 2. The van der Waals surface area contributed by atoms with Gasteiger partial charge in [-0.05, 0) is 38.3 Å². The number of carbonyl (C=O) groups is 1. The predicted molar refractivity (Wildman–Crippen MR) is 123 cm³/mol. The number of carbonyl (C=O) groups excluding carboxylic acids is 1. The monoisotopic (exact) mass is 504 g/mol. The first-order valence-corrected chi connectivity index (χ1v) is 9.57. The van der Waals surface area contributed by atoms with Crippen molar-refractivity contribution in [3.05, 3.63) is 23.8 Å². The molecule has 2 N–H and O–H groups in total. The SMILES string of the molecule is CCNC(=NCCCC(=O)NC1CC1)N(C)Cc1ccc(OC)cc1OC.I. The first kappa shape index (κ1) is 24.3. The largest absolute Gasteiger partial charge is 0.497 e. The van der Waals surface area contributed by atoms with Gasteiger partial charge < -0.3 is 25.0 Å². The molecule has 7 nitrogen and oxygen atoms in total. The van der Waals surface area contributed by atoms with Crippen LogP contribution < -0.4 is 20.1 Å². The fourth-order valence-corrected chi connectivity index (χ4v) is 2.73. The molecule has 1 fully saturated rings. The zero-order chi connectivity index (χ0) is 19.6. The van der Waals surface area contributed by atoms with Crippen LogP contribution in [-0.2, 0) is 11.3 Å². The fraction of sp³-hybridized carbons (Fsp3) is 0.600. The number of nitrogens with one attached hydrogen (secondary N) is 2. The lowest BCUT2D eigenvalue weighted by Crippen LogP contribution is -2.38. The van der Waals surface area contributed by atoms with Gasteiger partial charge in [0, 0.05) is 50.8 Å². The van der Waals surface area contributed by atoms with Crippen molar-refractivity contribution in [3.8, 4) is 11.5 Å². The van der Waals surface area contributed by atoms with E-state index in [1.54, 1.807) is 14.2 Å². The van der Waals surface area contributed by atoms with Crippen molar-refractivity contribution in [2.75, 3.05) is 34.4 Å². The number of ether oxygens (including phenoxy) is 2. The van der Waals surface area contributed by atoms with Gasteiger partial charge in [-0.15, -0.1) is 24.0 Å². The van der Waals surface area contributed by atoms with Crippen LogP contribution in [0.4, 0.5) is 0 Å². The number of guanidine groups is 1. The van der Waals surface area contributed by atoms with Gasteiger partial charge in [0.05, 0.1) is 14.2 Å². The van der Waals surface area contributed by atoms with E-state index in [1.807, 2.05) is 32.2 Å². The molecule has 0 spiro atoms. The molecule has 0 atom stereocenters. The molecule has 0 aliphatic heterocycles. The van der Waals surface area contributed by atoms with Crippen LogP contribution in [0, 0.1) is 0 Å². The molecule has 1 saturated carbocycles. The second-order valence-corrected chi connectivity index (χ2v) is 6.71. The lowest BCUT2D eigenvalue weighted by molar-refractivity contribution is -0.121. The van der Waals surface area contributed by atoms with Crippen molar-refractivity contribution in [1.29, 1.82) is 0 Å². The van der Waals surface area contributed by atoms with Crippen molar-refractivity contribution < 1.29 is 14.3 Å². The van der Waals surface area contributed by atoms with Crippen molar-refractivity contribution in [3.63, 3.8) is 0 Å². The van der Waals surface area contributed by atoms with E-state index in [1.165, 1.54) is 0 Å². The van der Waals surface area contributed by atoms with E-state index in [0.717, 1.165) is 48.8 Å². The van der Waals surface area contributed by atoms with E-state index < -0.39 is 0 Å². The Balaban J connectivity index is 0.00000392. The average Bonchev–Trinajstić information content (AvgIpc) is 3.48. The van der Waals surface area contributed by atoms with Crippen LogP contribution in [-0.4, -0.2) is 57.2 Å². The maximum Gasteiger partial charge on any atom is 0.220 e. The van der Waals surface area contributed by atoms with Gasteiger partial charge in [0.1, 0.15) is 11.5 Å². The van der Waals surface area contributed by atoms with Gasteiger partial charge >= 0.3 is 0 Å². The minimum Gasteiger partial charge on any atom is -0.497 e. The van der Waals surface area contributed by atoms with Gasteiger partial charge in [-0.3, -0.25) is 9.79 Å². The third kappa shape index (κ3) is 8.12. The number of aliphatic imine (C=N–C) groups is 1. The molecule has 1 aromatic carbocycles. The van der Waals surface area contributed by atoms with Gasteiger partial charge in [-0.25, -0.2) is 0 Å². The summed E-state index contributed by atoms with van der Waals surface area (Å²) in [7, 11) is 5.29. The van der Waals surface area contributed by atoms with Crippen molar-refractivity contribution in [2.45, 2.75) is 45.2 Å². The minimum absolute atomic E-state index is 0. The molecule has 1 aliphatic rings. The number of halogens is 1. The lowest BCUT2D eigenvalue weighted by Gasteiger charge is -2.23. The average molecular weight is 504 g/mol. The van der Waals surface area contributed by atoms with Gasteiger partial charge in [-0.2, -0.15) is 0 Å². The second-order valence-electron chi connectivity index (χ2n) is 6.71. The van der Waals surface area contributed by atoms with Gasteiger partial charge in [0.25, 0.3) is 0 Å². The summed E-state index contributed by atoms with van der Waals surface area (Å²) in [6, 6.07) is 6.23. The third-order valence-electron chi connectivity index (χ3n) is 4.36. The number of nitrogens with zero attached hydrogens (tertiary/aromatic N) is 2. The van der Waals surface area contributed by atoms with Crippen LogP contribution >= 0.6 is 24.0 Å². The molecule has 8 heteroatoms. The summed E-state index contributed by atoms with van der Waals surface area (Å²) in [5, 5.41) is 6.31. The molecule has 0 bridgehead atoms. The Hall–Kier alpha value is -1.71. The summed E-state index contributed by atoms with van der Waals surface area (Å²) >= 11 is 0. The van der Waals surface area contributed by atoms with Crippen molar-refractivity contribution in [1.82, 2.24) is 15.5 Å². The Bertz CT molecular complexity index is 650. The molecule has 28 heavy (non-hydrogen) atoms. The molecular formula is C20H33IN4O3. The van der Waals surface area contributed by atoms with Crippen LogP contribution in [0.15, 0.2) is 23.2 Å². The topological polar surface area (TPSA) is 75.2 Å². The summed E-state index contributed by atoms with van der Waals surface area (Å²) < 4.78 is 10.7. The van der Waals surface area contributed by atoms with Gasteiger partial charge in [0.15, 0.2) is 5.96 Å². The smallest absolute Gasteiger partial charge is 0.220 e. The van der Waals surface area contributed by atoms with E-state index in [0.29, 0.717) is 25.6 Å². The number of hydrogen-bond acceptors (Lipinski definition) is 4. The molecule has 0 radical (unpaired) electrons. The predicted octanol–water partition coefficient (Wildman–Crippen LogP) is 2.78. The van der Waals surface area contributed by atoms with Crippen LogP contribution in [0.25, 0.3) is 0 Å². The summed E-state index contributed by atoms with van der Waals surface area (Å²) in [6.07, 6.45) is 3.50. The Morgan fingerprint density at radius 1 is 1.29 bits per heavy atom. The highest BCUT2D eigenvalue weighted by atomic mass is 127. The Morgan fingerprint density at radius 3 is 2.64 bits per heavy atom. The summed E-state index contributed by atoms with van der Waals surface area (Å²) in [5.41, 5.74) is 1.05. The van der Waals surface area contributed by atoms with Crippen LogP contribution in [0.3, 0.4) is 0 Å². The first-order chi connectivity index (χ1) is 13.1. The molecule has 0 unspecified atom stereocenters. The summed E-state index contributed by atoms with van der Waals surface area (Å²) in [5.74, 6) is 2.50.